The van der Waals surface area contributed by atoms with Crippen molar-refractivity contribution in [1.29, 1.82) is 0 Å². The molecule has 1 saturated heterocycles. The summed E-state index contributed by atoms with van der Waals surface area (Å²) in [6.07, 6.45) is -10.1. The van der Waals surface area contributed by atoms with Gasteiger partial charge in [0, 0.05) is 12.6 Å². The molecule has 1 heterocycles. The van der Waals surface area contributed by atoms with E-state index in [1.54, 1.807) is 0 Å². The van der Waals surface area contributed by atoms with Gasteiger partial charge in [0.1, 0.15) is 0 Å². The summed E-state index contributed by atoms with van der Waals surface area (Å²) in [6, 6.07) is 10.6. The van der Waals surface area contributed by atoms with Gasteiger partial charge < -0.3 is 0 Å². The fraction of sp³-hybridized carbons (Fsp3) is 0.379. The highest BCUT2D eigenvalue weighted by Crippen LogP contribution is 2.41. The van der Waals surface area contributed by atoms with E-state index < -0.39 is 51.3 Å². The highest BCUT2D eigenvalue weighted by molar-refractivity contribution is 7.87. The summed E-state index contributed by atoms with van der Waals surface area (Å²) in [7, 11) is -4.25. The number of hydrogen-bond acceptors (Lipinski definition) is 2. The van der Waals surface area contributed by atoms with Crippen LogP contribution in [0.3, 0.4) is 0 Å². The first-order chi connectivity index (χ1) is 18.4. The van der Waals surface area contributed by atoms with Crippen LogP contribution < -0.4 is 4.72 Å². The molecule has 0 radical (unpaired) electrons. The molecule has 3 aromatic rings. The minimum absolute atomic E-state index is 0.0298. The molecule has 0 spiro atoms. The standard InChI is InChI=1S/C29H30F6N2O2S/c1-16(2)20-8-7-18(4)26(13-20)25-9-6-17(3)10-22(25)15-37-19(5)27(36-40(37,38)39)21-11-23(28(30,31)32)14-24(12-21)29(33,34)35/h6-14,16,19,27,36H,15H2,1-5H3/t19-,27-/m0/s1. The number of aryl methyl sites for hydroxylation is 2. The van der Waals surface area contributed by atoms with Gasteiger partial charge in [0.2, 0.25) is 0 Å². The van der Waals surface area contributed by atoms with Crippen LogP contribution in [0.5, 0.6) is 0 Å². The van der Waals surface area contributed by atoms with Crippen molar-refractivity contribution < 1.29 is 34.8 Å². The lowest BCUT2D eigenvalue weighted by Gasteiger charge is -2.24. The Morgan fingerprint density at radius 2 is 1.45 bits per heavy atom. The molecule has 0 bridgehead atoms. The molecule has 40 heavy (non-hydrogen) atoms. The fourth-order valence-electron chi connectivity index (χ4n) is 5.02. The molecule has 4 rings (SSSR count). The predicted octanol–water partition coefficient (Wildman–Crippen LogP) is 7.91. The molecule has 1 fully saturated rings. The number of benzene rings is 3. The molecule has 11 heteroatoms. The number of alkyl halides is 6. The highest BCUT2D eigenvalue weighted by atomic mass is 32.2. The summed E-state index contributed by atoms with van der Waals surface area (Å²) >= 11 is 0. The van der Waals surface area contributed by atoms with Crippen molar-refractivity contribution in [1.82, 2.24) is 9.03 Å². The van der Waals surface area contributed by atoms with Crippen molar-refractivity contribution in [2.24, 2.45) is 0 Å². The molecule has 216 valence electrons. The molecule has 0 aromatic heterocycles. The van der Waals surface area contributed by atoms with Gasteiger partial charge in [-0.05, 0) is 78.3 Å². The van der Waals surface area contributed by atoms with Gasteiger partial charge in [-0.15, -0.1) is 0 Å². The minimum Gasteiger partial charge on any atom is -0.195 e. The first-order valence-corrected chi connectivity index (χ1v) is 14.1. The Morgan fingerprint density at radius 1 is 0.850 bits per heavy atom. The van der Waals surface area contributed by atoms with Gasteiger partial charge >= 0.3 is 12.4 Å². The Bertz CT molecular complexity index is 1500. The average molecular weight is 585 g/mol. The number of nitrogens with one attached hydrogen (secondary N) is 1. The van der Waals surface area contributed by atoms with Crippen molar-refractivity contribution in [2.75, 3.05) is 0 Å². The maximum atomic E-state index is 13.5. The quantitative estimate of drug-likeness (QED) is 0.310. The van der Waals surface area contributed by atoms with Crippen molar-refractivity contribution in [2.45, 2.75) is 71.5 Å². The third-order valence-electron chi connectivity index (χ3n) is 7.30. The fourth-order valence-corrected chi connectivity index (χ4v) is 6.68. The molecule has 0 saturated carbocycles. The van der Waals surface area contributed by atoms with Gasteiger partial charge in [0.15, 0.2) is 0 Å². The molecular formula is C29H30F6N2O2S. The minimum atomic E-state index is -5.05. The molecular weight excluding hydrogens is 554 g/mol. The van der Waals surface area contributed by atoms with Gasteiger partial charge in [-0.25, -0.2) is 0 Å². The second-order valence-electron chi connectivity index (χ2n) is 10.6. The summed E-state index contributed by atoms with van der Waals surface area (Å²) in [5.74, 6) is 0.256. The van der Waals surface area contributed by atoms with Crippen LogP contribution in [-0.2, 0) is 29.1 Å². The summed E-state index contributed by atoms with van der Waals surface area (Å²) in [5.41, 5.74) is 1.93. The van der Waals surface area contributed by atoms with E-state index in [-0.39, 0.29) is 18.5 Å². The molecule has 2 atom stereocenters. The van der Waals surface area contributed by atoms with Crippen LogP contribution in [0.1, 0.15) is 71.7 Å². The van der Waals surface area contributed by atoms with Crippen LogP contribution in [0, 0.1) is 13.8 Å². The van der Waals surface area contributed by atoms with Crippen LogP contribution in [-0.4, -0.2) is 18.8 Å². The van der Waals surface area contributed by atoms with E-state index in [4.69, 9.17) is 0 Å². The molecule has 4 nitrogen and oxygen atoms in total. The van der Waals surface area contributed by atoms with Crippen LogP contribution in [0.15, 0.2) is 54.6 Å². The van der Waals surface area contributed by atoms with Crippen LogP contribution in [0.4, 0.5) is 26.3 Å². The SMILES string of the molecule is Cc1ccc(-c2cc(C(C)C)ccc2C)c(CN2[C@@H](C)[C@@H](c3cc(C(F)(F)F)cc(C(F)(F)F)c3)NS2(=O)=O)c1. The van der Waals surface area contributed by atoms with E-state index >= 15 is 0 Å². The summed E-state index contributed by atoms with van der Waals surface area (Å²) in [6.45, 7) is 9.27. The lowest BCUT2D eigenvalue weighted by atomic mass is 9.90. The molecule has 1 N–H and O–H groups in total. The van der Waals surface area contributed by atoms with Crippen LogP contribution >= 0.6 is 0 Å². The first kappa shape index (κ1) is 30.1. The molecule has 3 aromatic carbocycles. The Balaban J connectivity index is 1.77. The highest BCUT2D eigenvalue weighted by Gasteiger charge is 2.45. The third kappa shape index (κ3) is 6.06. The molecule has 0 aliphatic carbocycles. The maximum absolute atomic E-state index is 13.5. The lowest BCUT2D eigenvalue weighted by molar-refractivity contribution is -0.143. The molecule has 0 unspecified atom stereocenters. The van der Waals surface area contributed by atoms with E-state index in [2.05, 4.69) is 24.6 Å². The average Bonchev–Trinajstić information content (AvgIpc) is 3.07. The van der Waals surface area contributed by atoms with E-state index in [1.165, 1.54) is 6.92 Å². The summed E-state index contributed by atoms with van der Waals surface area (Å²) in [5, 5.41) is 0. The Morgan fingerprint density at radius 3 is 2.00 bits per heavy atom. The predicted molar refractivity (Wildman–Crippen MR) is 142 cm³/mol. The van der Waals surface area contributed by atoms with Crippen molar-refractivity contribution >= 4 is 10.2 Å². The van der Waals surface area contributed by atoms with Gasteiger partial charge in [-0.3, -0.25) is 0 Å². The Hall–Kier alpha value is -2.89. The van der Waals surface area contributed by atoms with Crippen molar-refractivity contribution in [3.63, 3.8) is 0 Å². The van der Waals surface area contributed by atoms with Gasteiger partial charge in [-0.1, -0.05) is 55.8 Å². The number of nitrogens with zero attached hydrogens (tertiary/aromatic N) is 1. The molecule has 1 aliphatic heterocycles. The Labute approximate surface area is 230 Å². The number of rotatable bonds is 5. The summed E-state index contributed by atoms with van der Waals surface area (Å²) in [4.78, 5) is 0. The monoisotopic (exact) mass is 584 g/mol. The summed E-state index contributed by atoms with van der Waals surface area (Å²) < 4.78 is 111. The third-order valence-corrected chi connectivity index (χ3v) is 8.93. The molecule has 0 amide bonds. The van der Waals surface area contributed by atoms with Gasteiger partial charge in [-0.2, -0.15) is 43.8 Å². The molecule has 1 aliphatic rings. The lowest BCUT2D eigenvalue weighted by Crippen LogP contribution is -2.33. The first-order valence-electron chi connectivity index (χ1n) is 12.7. The zero-order valence-corrected chi connectivity index (χ0v) is 23.4. The second-order valence-corrected chi connectivity index (χ2v) is 12.3. The van der Waals surface area contributed by atoms with Gasteiger partial charge in [0.05, 0.1) is 17.2 Å². The largest absolute Gasteiger partial charge is 0.416 e. The second kappa shape index (κ2) is 10.5. The van der Waals surface area contributed by atoms with Gasteiger partial charge in [0.25, 0.3) is 10.2 Å². The zero-order valence-electron chi connectivity index (χ0n) is 22.6. The maximum Gasteiger partial charge on any atom is 0.416 e. The van der Waals surface area contributed by atoms with Crippen molar-refractivity contribution in [3.8, 4) is 11.1 Å². The number of hydrogen-bond donors (Lipinski definition) is 1. The number of halogens is 6. The topological polar surface area (TPSA) is 49.4 Å². The van der Waals surface area contributed by atoms with E-state index in [0.29, 0.717) is 17.7 Å². The van der Waals surface area contributed by atoms with Crippen LogP contribution in [0.2, 0.25) is 0 Å². The normalized spacial score (nSPS) is 19.9. The zero-order chi connectivity index (χ0) is 29.8. The van der Waals surface area contributed by atoms with E-state index in [1.807, 2.05) is 44.2 Å². The van der Waals surface area contributed by atoms with E-state index in [9.17, 15) is 34.8 Å². The van der Waals surface area contributed by atoms with Crippen LogP contribution in [0.25, 0.3) is 11.1 Å². The van der Waals surface area contributed by atoms with E-state index in [0.717, 1.165) is 32.1 Å². The smallest absolute Gasteiger partial charge is 0.195 e. The Kier molecular flexibility index (Phi) is 7.90. The van der Waals surface area contributed by atoms with Crippen molar-refractivity contribution in [3.05, 3.63) is 93.5 Å².